The Labute approximate surface area is 209 Å². The number of aryl methyl sites for hydroxylation is 1. The molecule has 0 spiro atoms. The minimum Gasteiger partial charge on any atom is -0.505 e. The highest BCUT2D eigenvalue weighted by Crippen LogP contribution is 2.39. The number of halogens is 2. The number of hydrogen-bond acceptors (Lipinski definition) is 5. The summed E-state index contributed by atoms with van der Waals surface area (Å²) in [5, 5.41) is 24.3. The van der Waals surface area contributed by atoms with E-state index >= 15 is 0 Å². The zero-order valence-corrected chi connectivity index (χ0v) is 19.4. The number of nitrogens with zero attached hydrogens (tertiary/aromatic N) is 2. The molecule has 7 nitrogen and oxygen atoms in total. The van der Waals surface area contributed by atoms with Crippen molar-refractivity contribution in [3.63, 3.8) is 0 Å². The molecule has 0 fully saturated rings. The van der Waals surface area contributed by atoms with Gasteiger partial charge < -0.3 is 10.2 Å². The van der Waals surface area contributed by atoms with E-state index in [4.69, 9.17) is 0 Å². The molecular formula is C28H19F2N3O4. The van der Waals surface area contributed by atoms with Crippen LogP contribution in [0, 0.1) is 18.6 Å². The molecule has 0 bridgehead atoms. The van der Waals surface area contributed by atoms with Gasteiger partial charge in [0.15, 0.2) is 5.71 Å². The van der Waals surface area contributed by atoms with Gasteiger partial charge in [0, 0.05) is 11.1 Å². The number of phenols is 1. The summed E-state index contributed by atoms with van der Waals surface area (Å²) in [5.41, 5.74) is 4.52. The molecule has 0 atom stereocenters. The van der Waals surface area contributed by atoms with Crippen molar-refractivity contribution in [1.29, 1.82) is 0 Å². The van der Waals surface area contributed by atoms with Gasteiger partial charge in [-0.3, -0.25) is 15.1 Å². The molecule has 184 valence electrons. The largest absolute Gasteiger partial charge is 0.505 e. The van der Waals surface area contributed by atoms with Crippen molar-refractivity contribution in [3.05, 3.63) is 107 Å². The first-order valence-corrected chi connectivity index (χ1v) is 11.1. The molecule has 1 aliphatic rings. The van der Waals surface area contributed by atoms with Gasteiger partial charge in [0.05, 0.1) is 22.6 Å². The predicted octanol–water partition coefficient (Wildman–Crippen LogP) is 5.84. The number of aromatic hydroxyl groups is 1. The molecule has 4 aromatic carbocycles. The topological polar surface area (TPSA) is 102 Å². The van der Waals surface area contributed by atoms with Gasteiger partial charge in [0.1, 0.15) is 17.4 Å². The smallest absolute Gasteiger partial charge is 0.335 e. The quantitative estimate of drug-likeness (QED) is 0.237. The maximum Gasteiger partial charge on any atom is 0.335 e. The third-order valence-corrected chi connectivity index (χ3v) is 5.95. The number of nitrogens with one attached hydrogen (secondary N) is 1. The Morgan fingerprint density at radius 1 is 0.919 bits per heavy atom. The van der Waals surface area contributed by atoms with Crippen LogP contribution in [0.2, 0.25) is 0 Å². The number of benzene rings is 4. The Hall–Kier alpha value is -5.05. The molecule has 4 aromatic rings. The third kappa shape index (κ3) is 4.27. The first kappa shape index (κ1) is 23.7. The summed E-state index contributed by atoms with van der Waals surface area (Å²) in [6.45, 7) is 1.72. The summed E-state index contributed by atoms with van der Waals surface area (Å²) in [5.74, 6) is -3.25. The van der Waals surface area contributed by atoms with E-state index < -0.39 is 23.5 Å². The van der Waals surface area contributed by atoms with Crippen molar-refractivity contribution in [3.8, 4) is 16.9 Å². The van der Waals surface area contributed by atoms with Gasteiger partial charge in [-0.15, -0.1) is 0 Å². The third-order valence-electron chi connectivity index (χ3n) is 5.95. The number of carboxylic acids is 1. The van der Waals surface area contributed by atoms with Gasteiger partial charge in [0.2, 0.25) is 0 Å². The van der Waals surface area contributed by atoms with Crippen LogP contribution >= 0.6 is 0 Å². The minimum absolute atomic E-state index is 0.00295. The summed E-state index contributed by atoms with van der Waals surface area (Å²) in [7, 11) is 0. The highest BCUT2D eigenvalue weighted by Gasteiger charge is 2.37. The number of para-hydroxylation sites is 1. The predicted molar refractivity (Wildman–Crippen MR) is 135 cm³/mol. The van der Waals surface area contributed by atoms with E-state index in [2.05, 4.69) is 10.5 Å². The van der Waals surface area contributed by atoms with Crippen LogP contribution in [-0.4, -0.2) is 27.8 Å². The molecule has 3 N–H and O–H groups in total. The molecule has 9 heteroatoms. The normalized spacial score (nSPS) is 13.6. The minimum atomic E-state index is -1.11. The van der Waals surface area contributed by atoms with Crippen molar-refractivity contribution < 1.29 is 28.6 Å². The fraction of sp³-hybridized carbons (Fsp3) is 0.0357. The van der Waals surface area contributed by atoms with E-state index in [1.54, 1.807) is 37.3 Å². The number of carboxylic acid groups (broad SMARTS) is 1. The van der Waals surface area contributed by atoms with E-state index in [-0.39, 0.29) is 39.7 Å². The average molecular weight is 499 g/mol. The maximum absolute atomic E-state index is 14.8. The van der Waals surface area contributed by atoms with Gasteiger partial charge in [-0.05, 0) is 66.6 Å². The fourth-order valence-electron chi connectivity index (χ4n) is 4.17. The molecule has 1 aliphatic heterocycles. The van der Waals surface area contributed by atoms with Crippen molar-refractivity contribution in [1.82, 2.24) is 0 Å². The van der Waals surface area contributed by atoms with E-state index in [1.165, 1.54) is 42.5 Å². The maximum atomic E-state index is 14.8. The second kappa shape index (κ2) is 9.19. The lowest BCUT2D eigenvalue weighted by Crippen LogP contribution is -2.26. The van der Waals surface area contributed by atoms with E-state index in [0.29, 0.717) is 16.7 Å². The lowest BCUT2D eigenvalue weighted by molar-refractivity contribution is -0.111. The van der Waals surface area contributed by atoms with Crippen molar-refractivity contribution in [2.75, 3.05) is 10.3 Å². The molecule has 0 aromatic heterocycles. The molecule has 37 heavy (non-hydrogen) atoms. The molecule has 1 heterocycles. The zero-order chi connectivity index (χ0) is 26.3. The van der Waals surface area contributed by atoms with Crippen LogP contribution in [0.25, 0.3) is 11.1 Å². The van der Waals surface area contributed by atoms with Crippen LogP contribution in [0.5, 0.6) is 5.75 Å². The number of carbonyl (C=O) groups excluding carboxylic acids is 1. The van der Waals surface area contributed by atoms with Crippen LogP contribution in [0.4, 0.5) is 25.8 Å². The second-order valence-electron chi connectivity index (χ2n) is 8.42. The van der Waals surface area contributed by atoms with E-state index in [0.717, 1.165) is 11.0 Å². The van der Waals surface area contributed by atoms with Crippen molar-refractivity contribution in [2.24, 2.45) is 5.10 Å². The fourth-order valence-corrected chi connectivity index (χ4v) is 4.17. The number of hydrazone groups is 1. The van der Waals surface area contributed by atoms with E-state index in [1.807, 2.05) is 0 Å². The summed E-state index contributed by atoms with van der Waals surface area (Å²) < 4.78 is 28.9. The van der Waals surface area contributed by atoms with Crippen LogP contribution in [0.1, 0.15) is 21.5 Å². The Balaban J connectivity index is 1.54. The highest BCUT2D eigenvalue weighted by atomic mass is 19.1. The zero-order valence-electron chi connectivity index (χ0n) is 19.4. The number of carbonyl (C=O) groups is 2. The van der Waals surface area contributed by atoms with E-state index in [9.17, 15) is 28.6 Å². The van der Waals surface area contributed by atoms with Gasteiger partial charge in [-0.1, -0.05) is 30.3 Å². The van der Waals surface area contributed by atoms with Crippen molar-refractivity contribution in [2.45, 2.75) is 6.92 Å². The summed E-state index contributed by atoms with van der Waals surface area (Å²) in [4.78, 5) is 25.8. The standard InChI is InChI=1S/C28H19F2N3O4/c1-15-8-10-24(21(30)12-15)33-23-11-9-18(29)14-20(23)25(27(33)35)32-31-22-7-3-6-19(26(22)34)16-4-2-5-17(13-16)28(36)37/h2-14,31,34H,1H3,(H,36,37). The summed E-state index contributed by atoms with van der Waals surface area (Å²) in [6, 6.07) is 18.9. The van der Waals surface area contributed by atoms with Gasteiger partial charge in [-0.2, -0.15) is 5.10 Å². The lowest BCUT2D eigenvalue weighted by atomic mass is 10.0. The lowest BCUT2D eigenvalue weighted by Gasteiger charge is -2.18. The number of rotatable bonds is 5. The van der Waals surface area contributed by atoms with Crippen molar-refractivity contribution >= 4 is 34.7 Å². The summed E-state index contributed by atoms with van der Waals surface area (Å²) >= 11 is 0. The SMILES string of the molecule is Cc1ccc(N2C(=O)C(=NNc3cccc(-c4cccc(C(=O)O)c4)c3O)c3cc(F)ccc32)c(F)c1. The number of fused-ring (bicyclic) bond motifs is 1. The number of amides is 1. The second-order valence-corrected chi connectivity index (χ2v) is 8.42. The Morgan fingerprint density at radius 3 is 2.43 bits per heavy atom. The van der Waals surface area contributed by atoms with Gasteiger partial charge in [-0.25, -0.2) is 13.6 Å². The molecule has 0 saturated heterocycles. The van der Waals surface area contributed by atoms with Crippen LogP contribution in [0.3, 0.4) is 0 Å². The first-order chi connectivity index (χ1) is 17.7. The molecule has 0 radical (unpaired) electrons. The number of phenolic OH excluding ortho intramolecular Hbond substituents is 1. The van der Waals surface area contributed by atoms with Crippen LogP contribution in [0.15, 0.2) is 84.0 Å². The molecule has 0 aliphatic carbocycles. The molecule has 0 saturated carbocycles. The molecule has 1 amide bonds. The Morgan fingerprint density at radius 2 is 1.68 bits per heavy atom. The average Bonchev–Trinajstić information content (AvgIpc) is 3.13. The number of aromatic carboxylic acids is 1. The Bertz CT molecular complexity index is 1620. The monoisotopic (exact) mass is 499 g/mol. The van der Waals surface area contributed by atoms with Gasteiger partial charge >= 0.3 is 5.97 Å². The highest BCUT2D eigenvalue weighted by molar-refractivity contribution is 6.55. The molecule has 0 unspecified atom stereocenters. The van der Waals surface area contributed by atoms with Gasteiger partial charge in [0.25, 0.3) is 5.91 Å². The first-order valence-electron chi connectivity index (χ1n) is 11.1. The van der Waals surface area contributed by atoms with Crippen LogP contribution in [-0.2, 0) is 4.79 Å². The van der Waals surface area contributed by atoms with Crippen LogP contribution < -0.4 is 10.3 Å². The number of anilines is 3. The Kier molecular flexibility index (Phi) is 5.88. The number of hydrogen-bond donors (Lipinski definition) is 3. The summed E-state index contributed by atoms with van der Waals surface area (Å²) in [6.07, 6.45) is 0. The molecule has 5 rings (SSSR count). The molecular weight excluding hydrogens is 480 g/mol.